The van der Waals surface area contributed by atoms with Crippen LogP contribution in [0.5, 0.6) is 0 Å². The van der Waals surface area contributed by atoms with Crippen molar-refractivity contribution in [2.75, 3.05) is 11.4 Å². The summed E-state index contributed by atoms with van der Waals surface area (Å²) in [6.07, 6.45) is 4.89. The second-order valence-corrected chi connectivity index (χ2v) is 5.62. The minimum Gasteiger partial charge on any atom is -0.409 e. The van der Waals surface area contributed by atoms with Crippen LogP contribution in [0.4, 0.5) is 5.69 Å². The molecule has 0 saturated carbocycles. The Labute approximate surface area is 120 Å². The third-order valence-electron chi connectivity index (χ3n) is 4.03. The third kappa shape index (κ3) is 2.86. The third-order valence-corrected chi connectivity index (χ3v) is 4.03. The van der Waals surface area contributed by atoms with Gasteiger partial charge in [-0.25, -0.2) is 0 Å². The molecule has 1 atom stereocenters. The largest absolute Gasteiger partial charge is 0.409 e. The van der Waals surface area contributed by atoms with E-state index in [9.17, 15) is 0 Å². The summed E-state index contributed by atoms with van der Waals surface area (Å²) in [6, 6.07) is 2.51. The quantitative estimate of drug-likeness (QED) is 0.377. The summed E-state index contributed by atoms with van der Waals surface area (Å²) >= 11 is 0. The van der Waals surface area contributed by atoms with Crippen molar-refractivity contribution in [1.29, 1.82) is 0 Å². The van der Waals surface area contributed by atoms with Crippen LogP contribution in [0.15, 0.2) is 11.2 Å². The Balaban J connectivity index is 2.53. The molecule has 1 saturated heterocycles. The topological polar surface area (TPSA) is 74.7 Å². The molecule has 2 heterocycles. The number of anilines is 1. The monoisotopic (exact) mass is 276 g/mol. The van der Waals surface area contributed by atoms with Crippen LogP contribution in [0.2, 0.25) is 0 Å². The Morgan fingerprint density at radius 1 is 1.40 bits per heavy atom. The zero-order valence-corrected chi connectivity index (χ0v) is 12.6. The van der Waals surface area contributed by atoms with Gasteiger partial charge in [-0.15, -0.1) is 0 Å². The fourth-order valence-electron chi connectivity index (χ4n) is 3.03. The lowest BCUT2D eigenvalue weighted by Crippen LogP contribution is -2.35. The van der Waals surface area contributed by atoms with E-state index in [0.717, 1.165) is 29.2 Å². The first-order valence-electron chi connectivity index (χ1n) is 7.27. The van der Waals surface area contributed by atoms with E-state index in [1.165, 1.54) is 25.7 Å². The van der Waals surface area contributed by atoms with Gasteiger partial charge in [0.05, 0.1) is 16.9 Å². The first-order valence-corrected chi connectivity index (χ1v) is 7.27. The highest BCUT2D eigenvalue weighted by atomic mass is 16.4. The minimum absolute atomic E-state index is 0.140. The lowest BCUT2D eigenvalue weighted by molar-refractivity contribution is 0.318. The molecule has 1 aromatic rings. The van der Waals surface area contributed by atoms with E-state index in [1.807, 2.05) is 19.9 Å². The van der Waals surface area contributed by atoms with Gasteiger partial charge < -0.3 is 15.8 Å². The van der Waals surface area contributed by atoms with Crippen LogP contribution < -0.4 is 10.6 Å². The van der Waals surface area contributed by atoms with Crippen LogP contribution in [0, 0.1) is 13.8 Å². The SMILES string of the molecule is Cc1cc(N2CCCCCC2C)c(/C(N)=N/O)c(C)n1. The molecule has 1 unspecified atom stereocenters. The molecule has 1 aromatic heterocycles. The number of aromatic nitrogens is 1. The maximum Gasteiger partial charge on any atom is 0.174 e. The first kappa shape index (κ1) is 14.6. The van der Waals surface area contributed by atoms with E-state index < -0.39 is 0 Å². The van der Waals surface area contributed by atoms with Crippen molar-refractivity contribution in [3.05, 3.63) is 23.0 Å². The number of aryl methyl sites for hydroxylation is 2. The van der Waals surface area contributed by atoms with Crippen molar-refractivity contribution in [2.24, 2.45) is 10.9 Å². The molecule has 0 spiro atoms. The van der Waals surface area contributed by atoms with E-state index in [4.69, 9.17) is 10.9 Å². The average molecular weight is 276 g/mol. The summed E-state index contributed by atoms with van der Waals surface area (Å²) in [7, 11) is 0. The number of hydrogen-bond donors (Lipinski definition) is 2. The highest BCUT2D eigenvalue weighted by Gasteiger charge is 2.23. The molecule has 110 valence electrons. The zero-order chi connectivity index (χ0) is 14.7. The molecule has 0 bridgehead atoms. The van der Waals surface area contributed by atoms with Crippen LogP contribution >= 0.6 is 0 Å². The molecule has 0 aromatic carbocycles. The van der Waals surface area contributed by atoms with Crippen molar-refractivity contribution < 1.29 is 5.21 Å². The van der Waals surface area contributed by atoms with E-state index in [2.05, 4.69) is 22.0 Å². The van der Waals surface area contributed by atoms with Gasteiger partial charge in [0.25, 0.3) is 0 Å². The van der Waals surface area contributed by atoms with E-state index in [0.29, 0.717) is 6.04 Å². The highest BCUT2D eigenvalue weighted by molar-refractivity contribution is 6.03. The Hall–Kier alpha value is -1.78. The van der Waals surface area contributed by atoms with Gasteiger partial charge in [0.2, 0.25) is 0 Å². The van der Waals surface area contributed by atoms with Gasteiger partial charge in [0.15, 0.2) is 5.84 Å². The van der Waals surface area contributed by atoms with Gasteiger partial charge in [-0.2, -0.15) is 0 Å². The molecular weight excluding hydrogens is 252 g/mol. The summed E-state index contributed by atoms with van der Waals surface area (Å²) in [5.41, 5.74) is 9.44. The second kappa shape index (κ2) is 6.11. The molecule has 0 radical (unpaired) electrons. The number of rotatable bonds is 2. The second-order valence-electron chi connectivity index (χ2n) is 5.62. The van der Waals surface area contributed by atoms with Crippen molar-refractivity contribution in [2.45, 2.75) is 52.5 Å². The predicted molar refractivity (Wildman–Crippen MR) is 81.5 cm³/mol. The lowest BCUT2D eigenvalue weighted by Gasteiger charge is -2.31. The Bertz CT molecular complexity index is 513. The van der Waals surface area contributed by atoms with Crippen molar-refractivity contribution in [3.8, 4) is 0 Å². The van der Waals surface area contributed by atoms with Crippen molar-refractivity contribution >= 4 is 11.5 Å². The van der Waals surface area contributed by atoms with Crippen LogP contribution in [0.25, 0.3) is 0 Å². The molecule has 5 heteroatoms. The molecule has 0 aliphatic carbocycles. The summed E-state index contributed by atoms with van der Waals surface area (Å²) in [5, 5.41) is 12.2. The van der Waals surface area contributed by atoms with E-state index >= 15 is 0 Å². The minimum atomic E-state index is 0.140. The summed E-state index contributed by atoms with van der Waals surface area (Å²) in [6.45, 7) is 7.14. The molecule has 2 rings (SSSR count). The van der Waals surface area contributed by atoms with E-state index in [1.54, 1.807) is 0 Å². The number of amidine groups is 1. The molecule has 1 aliphatic heterocycles. The van der Waals surface area contributed by atoms with Gasteiger partial charge in [0.1, 0.15) is 0 Å². The fraction of sp³-hybridized carbons (Fsp3) is 0.600. The van der Waals surface area contributed by atoms with Gasteiger partial charge in [0, 0.05) is 18.3 Å². The van der Waals surface area contributed by atoms with Gasteiger partial charge >= 0.3 is 0 Å². The average Bonchev–Trinajstić information content (AvgIpc) is 2.61. The van der Waals surface area contributed by atoms with Gasteiger partial charge in [-0.3, -0.25) is 4.98 Å². The molecule has 1 aliphatic rings. The molecular formula is C15H24N4O. The van der Waals surface area contributed by atoms with Crippen molar-refractivity contribution in [1.82, 2.24) is 4.98 Å². The summed E-state index contributed by atoms with van der Waals surface area (Å²) in [5.74, 6) is 0.140. The molecule has 3 N–H and O–H groups in total. The Kier molecular flexibility index (Phi) is 4.47. The van der Waals surface area contributed by atoms with Gasteiger partial charge in [-0.05, 0) is 39.7 Å². The standard InChI is InChI=1S/C15H24N4O/c1-10-9-13(14(12(3)17-10)15(16)18-20)19-8-6-4-5-7-11(19)2/h9,11,20H,4-8H2,1-3H3,(H2,16,18). The smallest absolute Gasteiger partial charge is 0.174 e. The van der Waals surface area contributed by atoms with Crippen LogP contribution in [0.3, 0.4) is 0 Å². The van der Waals surface area contributed by atoms with Crippen LogP contribution in [-0.4, -0.2) is 28.6 Å². The maximum absolute atomic E-state index is 9.04. The number of pyridine rings is 1. The van der Waals surface area contributed by atoms with Crippen LogP contribution in [-0.2, 0) is 0 Å². The predicted octanol–water partition coefficient (Wildman–Crippen LogP) is 2.56. The van der Waals surface area contributed by atoms with Crippen molar-refractivity contribution in [3.63, 3.8) is 0 Å². The lowest BCUT2D eigenvalue weighted by atomic mass is 10.1. The zero-order valence-electron chi connectivity index (χ0n) is 12.6. The maximum atomic E-state index is 9.04. The normalized spacial score (nSPS) is 20.9. The summed E-state index contributed by atoms with van der Waals surface area (Å²) < 4.78 is 0. The first-order chi connectivity index (χ1) is 9.54. The van der Waals surface area contributed by atoms with E-state index in [-0.39, 0.29) is 5.84 Å². The van der Waals surface area contributed by atoms with Gasteiger partial charge in [-0.1, -0.05) is 18.0 Å². The molecule has 5 nitrogen and oxygen atoms in total. The molecule has 0 amide bonds. The summed E-state index contributed by atoms with van der Waals surface area (Å²) in [4.78, 5) is 6.82. The number of hydrogen-bond acceptors (Lipinski definition) is 4. The number of nitrogens with two attached hydrogens (primary N) is 1. The Morgan fingerprint density at radius 3 is 2.85 bits per heavy atom. The Morgan fingerprint density at radius 2 is 2.15 bits per heavy atom. The van der Waals surface area contributed by atoms with Crippen LogP contribution in [0.1, 0.15) is 49.6 Å². The number of nitrogens with zero attached hydrogens (tertiary/aromatic N) is 3. The number of oxime groups is 1. The fourth-order valence-corrected chi connectivity index (χ4v) is 3.03. The highest BCUT2D eigenvalue weighted by Crippen LogP contribution is 2.29. The molecule has 20 heavy (non-hydrogen) atoms. The molecule has 1 fully saturated rings.